The van der Waals surface area contributed by atoms with Crippen LogP contribution in [0.1, 0.15) is 54.3 Å². The summed E-state index contributed by atoms with van der Waals surface area (Å²) in [5.74, 6) is 0.643. The second kappa shape index (κ2) is 12.6. The van der Waals surface area contributed by atoms with Gasteiger partial charge in [-0.3, -0.25) is 9.59 Å². The molecule has 36 heavy (non-hydrogen) atoms. The predicted octanol–water partition coefficient (Wildman–Crippen LogP) is 3.37. The molecule has 2 heterocycles. The zero-order chi connectivity index (χ0) is 26.1. The highest BCUT2D eigenvalue weighted by molar-refractivity contribution is 5.98. The summed E-state index contributed by atoms with van der Waals surface area (Å²) in [5, 5.41) is 11.9. The maximum absolute atomic E-state index is 13.3. The lowest BCUT2D eigenvalue weighted by molar-refractivity contribution is -0.125. The number of nitriles is 1. The number of carbonyl (C=O) groups excluding carboxylic acids is 2. The molecule has 2 aromatic rings. The van der Waals surface area contributed by atoms with Crippen molar-refractivity contribution in [3.05, 3.63) is 69.3 Å². The summed E-state index contributed by atoms with van der Waals surface area (Å²) in [6, 6.07) is 9.49. The molecule has 1 aliphatic rings. The van der Waals surface area contributed by atoms with E-state index in [0.29, 0.717) is 29.3 Å². The number of ether oxygens (including phenoxy) is 2. The van der Waals surface area contributed by atoms with Crippen LogP contribution in [0.2, 0.25) is 0 Å². The van der Waals surface area contributed by atoms with Crippen molar-refractivity contribution in [2.24, 2.45) is 0 Å². The Labute approximate surface area is 210 Å². The summed E-state index contributed by atoms with van der Waals surface area (Å²) in [7, 11) is 3.07. The molecule has 0 bridgehead atoms. The van der Waals surface area contributed by atoms with Gasteiger partial charge in [0.1, 0.15) is 17.4 Å². The Bertz CT molecular complexity index is 1230. The van der Waals surface area contributed by atoms with Gasteiger partial charge in [0, 0.05) is 32.0 Å². The Kier molecular flexibility index (Phi) is 9.28. The van der Waals surface area contributed by atoms with Gasteiger partial charge in [-0.2, -0.15) is 5.26 Å². The maximum atomic E-state index is 13.3. The van der Waals surface area contributed by atoms with Crippen LogP contribution in [0, 0.1) is 11.3 Å². The van der Waals surface area contributed by atoms with Crippen LogP contribution in [0.25, 0.3) is 0 Å². The number of rotatable bonds is 10. The molecule has 3 rings (SSSR count). The van der Waals surface area contributed by atoms with Gasteiger partial charge in [0.2, 0.25) is 5.91 Å². The van der Waals surface area contributed by atoms with Crippen LogP contribution in [-0.2, 0) is 17.8 Å². The second-order valence-corrected chi connectivity index (χ2v) is 8.55. The number of carbonyl (C=O) groups is 2. The molecular formula is C27H31N3O6. The van der Waals surface area contributed by atoms with Crippen LogP contribution in [-0.4, -0.2) is 43.5 Å². The number of nitrogens with one attached hydrogen (secondary N) is 1. The second-order valence-electron chi connectivity index (χ2n) is 8.55. The number of methoxy groups -OCH3 is 2. The summed E-state index contributed by atoms with van der Waals surface area (Å²) >= 11 is 0. The van der Waals surface area contributed by atoms with E-state index in [4.69, 9.17) is 19.2 Å². The summed E-state index contributed by atoms with van der Waals surface area (Å²) in [6.07, 6.45) is 5.12. The number of hydrogen-bond acceptors (Lipinski definition) is 7. The van der Waals surface area contributed by atoms with E-state index in [-0.39, 0.29) is 31.0 Å². The van der Waals surface area contributed by atoms with E-state index >= 15 is 0 Å². The van der Waals surface area contributed by atoms with E-state index in [1.54, 1.807) is 24.3 Å². The topological polar surface area (TPSA) is 122 Å². The van der Waals surface area contributed by atoms with E-state index in [9.17, 15) is 14.4 Å². The summed E-state index contributed by atoms with van der Waals surface area (Å²) in [5.41, 5.74) is 0.558. The molecule has 9 heteroatoms. The Morgan fingerprint density at radius 1 is 1.19 bits per heavy atom. The maximum Gasteiger partial charge on any atom is 0.348 e. The number of hydrogen-bond donors (Lipinski definition) is 1. The number of likely N-dealkylation sites (tertiary alicyclic amines) is 1. The lowest BCUT2D eigenvalue weighted by atomic mass is 10.1. The highest BCUT2D eigenvalue weighted by atomic mass is 16.5. The van der Waals surface area contributed by atoms with Crippen LogP contribution >= 0.6 is 0 Å². The molecule has 1 fully saturated rings. The first-order valence-electron chi connectivity index (χ1n) is 11.9. The van der Waals surface area contributed by atoms with Crippen LogP contribution in [0.15, 0.2) is 51.2 Å². The van der Waals surface area contributed by atoms with Crippen molar-refractivity contribution >= 4 is 11.8 Å². The zero-order valence-corrected chi connectivity index (χ0v) is 20.8. The molecule has 0 aliphatic carbocycles. The third-order valence-corrected chi connectivity index (χ3v) is 6.09. The van der Waals surface area contributed by atoms with Crippen LogP contribution in [0.3, 0.4) is 0 Å². The molecule has 0 saturated carbocycles. The molecule has 0 radical (unpaired) electrons. The average molecular weight is 494 g/mol. The highest BCUT2D eigenvalue weighted by Gasteiger charge is 2.38. The van der Waals surface area contributed by atoms with Gasteiger partial charge in [0.25, 0.3) is 5.91 Å². The monoisotopic (exact) mass is 493 g/mol. The standard InChI is InChI=1S/C27H31N3O6/c1-4-5-6-7-20-9-10-21(27(33)36-20)26(32)30-17-19(12-13-28)14-22(30)25(31)29-16-18-8-11-23(34-2)24(15-18)35-3/h8-12,15,22H,4-7,14,16-17H2,1-3H3,(H,29,31)/b19-12+/t22-/m0/s1. The van der Waals surface area contributed by atoms with Crippen molar-refractivity contribution in [2.45, 2.75) is 51.6 Å². The summed E-state index contributed by atoms with van der Waals surface area (Å²) in [6.45, 7) is 2.37. The molecular weight excluding hydrogens is 462 g/mol. The first-order valence-corrected chi connectivity index (χ1v) is 11.9. The Hall–Kier alpha value is -4.06. The average Bonchev–Trinajstić information content (AvgIpc) is 3.31. The van der Waals surface area contributed by atoms with Crippen LogP contribution < -0.4 is 20.4 Å². The first kappa shape index (κ1) is 26.5. The van der Waals surface area contributed by atoms with Gasteiger partial charge in [-0.1, -0.05) is 25.8 Å². The third-order valence-electron chi connectivity index (χ3n) is 6.09. The number of nitrogens with zero attached hydrogens (tertiary/aromatic N) is 2. The minimum Gasteiger partial charge on any atom is -0.493 e. The van der Waals surface area contributed by atoms with E-state index in [1.807, 2.05) is 6.07 Å². The predicted molar refractivity (Wildman–Crippen MR) is 133 cm³/mol. The molecule has 2 amide bonds. The SMILES string of the molecule is CCCCCc1ccc(C(=O)N2C/C(=C/C#N)C[C@H]2C(=O)NCc2ccc(OC)c(OC)c2)c(=O)o1. The first-order chi connectivity index (χ1) is 17.4. The molecule has 0 spiro atoms. The molecule has 9 nitrogen and oxygen atoms in total. The highest BCUT2D eigenvalue weighted by Crippen LogP contribution is 2.28. The minimum atomic E-state index is -0.860. The lowest BCUT2D eigenvalue weighted by Gasteiger charge is -2.23. The quantitative estimate of drug-likeness (QED) is 0.398. The fourth-order valence-corrected chi connectivity index (χ4v) is 4.14. The molecule has 0 unspecified atom stereocenters. The van der Waals surface area contributed by atoms with Gasteiger partial charge in [0.15, 0.2) is 11.5 Å². The Balaban J connectivity index is 1.76. The third kappa shape index (κ3) is 6.33. The molecule has 1 aromatic heterocycles. The normalized spacial score (nSPS) is 16.0. The molecule has 1 atom stereocenters. The van der Waals surface area contributed by atoms with Gasteiger partial charge < -0.3 is 24.1 Å². The fraction of sp³-hybridized carbons (Fsp3) is 0.407. The van der Waals surface area contributed by atoms with E-state index in [0.717, 1.165) is 24.8 Å². The van der Waals surface area contributed by atoms with E-state index in [1.165, 1.54) is 31.3 Å². The number of aryl methyl sites for hydroxylation is 1. The summed E-state index contributed by atoms with van der Waals surface area (Å²) in [4.78, 5) is 40.3. The van der Waals surface area contributed by atoms with Crippen molar-refractivity contribution in [2.75, 3.05) is 20.8 Å². The Morgan fingerprint density at radius 2 is 1.97 bits per heavy atom. The van der Waals surface area contributed by atoms with Crippen molar-refractivity contribution in [3.8, 4) is 17.6 Å². The Morgan fingerprint density at radius 3 is 2.64 bits per heavy atom. The number of unbranched alkanes of at least 4 members (excludes halogenated alkanes) is 2. The van der Waals surface area contributed by atoms with Gasteiger partial charge in [-0.15, -0.1) is 0 Å². The molecule has 1 N–H and O–H groups in total. The number of benzene rings is 1. The number of allylic oxidation sites excluding steroid dienone is 1. The van der Waals surface area contributed by atoms with Gasteiger partial charge in [-0.05, 0) is 41.8 Å². The lowest BCUT2D eigenvalue weighted by Crippen LogP contribution is -2.46. The van der Waals surface area contributed by atoms with E-state index in [2.05, 4.69) is 12.2 Å². The van der Waals surface area contributed by atoms with Crippen molar-refractivity contribution < 1.29 is 23.5 Å². The van der Waals surface area contributed by atoms with Crippen molar-refractivity contribution in [1.82, 2.24) is 10.2 Å². The molecule has 1 aromatic carbocycles. The fourth-order valence-electron chi connectivity index (χ4n) is 4.14. The van der Waals surface area contributed by atoms with E-state index < -0.39 is 17.6 Å². The van der Waals surface area contributed by atoms with Gasteiger partial charge in [0.05, 0.1) is 20.3 Å². The van der Waals surface area contributed by atoms with Crippen LogP contribution in [0.5, 0.6) is 11.5 Å². The zero-order valence-electron chi connectivity index (χ0n) is 20.8. The van der Waals surface area contributed by atoms with Gasteiger partial charge in [-0.25, -0.2) is 4.79 Å². The number of amides is 2. The smallest absolute Gasteiger partial charge is 0.348 e. The van der Waals surface area contributed by atoms with Gasteiger partial charge >= 0.3 is 5.63 Å². The molecule has 1 saturated heterocycles. The minimum absolute atomic E-state index is 0.0819. The molecule has 1 aliphatic heterocycles. The van der Waals surface area contributed by atoms with Crippen LogP contribution in [0.4, 0.5) is 0 Å². The summed E-state index contributed by atoms with van der Waals surface area (Å²) < 4.78 is 15.9. The van der Waals surface area contributed by atoms with Crippen molar-refractivity contribution in [1.29, 1.82) is 5.26 Å². The largest absolute Gasteiger partial charge is 0.493 e. The molecule has 190 valence electrons. The van der Waals surface area contributed by atoms with Crippen molar-refractivity contribution in [3.63, 3.8) is 0 Å².